The van der Waals surface area contributed by atoms with Crippen LogP contribution in [0.4, 0.5) is 0 Å². The number of hydrogen-bond acceptors (Lipinski definition) is 2. The third kappa shape index (κ3) is 3.54. The van der Waals surface area contributed by atoms with Crippen molar-refractivity contribution in [3.63, 3.8) is 0 Å². The highest BCUT2D eigenvalue weighted by molar-refractivity contribution is 9.10. The Hall–Kier alpha value is -2.14. The van der Waals surface area contributed by atoms with Crippen molar-refractivity contribution in [1.82, 2.24) is 9.38 Å². The van der Waals surface area contributed by atoms with Crippen LogP contribution in [0.25, 0.3) is 5.65 Å². The minimum atomic E-state index is -1.02. The van der Waals surface area contributed by atoms with Crippen molar-refractivity contribution in [2.45, 2.75) is 19.8 Å². The third-order valence-electron chi connectivity index (χ3n) is 3.11. The van der Waals surface area contributed by atoms with Crippen molar-refractivity contribution >= 4 is 27.5 Å². The van der Waals surface area contributed by atoms with Gasteiger partial charge < -0.3 is 5.11 Å². The van der Waals surface area contributed by atoms with E-state index in [-0.39, 0.29) is 5.69 Å². The van der Waals surface area contributed by atoms with E-state index in [4.69, 9.17) is 5.11 Å². The monoisotopic (exact) mass is 360 g/mol. The van der Waals surface area contributed by atoms with Crippen LogP contribution >= 0.6 is 15.9 Å². The molecular weight excluding hydrogens is 344 g/mol. The van der Waals surface area contributed by atoms with Crippen LogP contribution in [0.1, 0.15) is 35.8 Å². The predicted molar refractivity (Wildman–Crippen MR) is 90.4 cm³/mol. The average Bonchev–Trinajstić information content (AvgIpc) is 2.87. The molecule has 2 heterocycles. The summed E-state index contributed by atoms with van der Waals surface area (Å²) in [5.41, 5.74) is 1.78. The van der Waals surface area contributed by atoms with E-state index in [2.05, 4.69) is 34.8 Å². The van der Waals surface area contributed by atoms with Crippen LogP contribution in [0.15, 0.2) is 59.3 Å². The molecule has 0 amide bonds. The third-order valence-corrected chi connectivity index (χ3v) is 3.87. The molecule has 0 aliphatic carbocycles. The molecule has 4 nitrogen and oxygen atoms in total. The molecule has 0 bridgehead atoms. The normalized spacial score (nSPS) is 10.4. The predicted octanol–water partition coefficient (Wildman–Crippen LogP) is 4.61. The number of rotatable bonds is 2. The van der Waals surface area contributed by atoms with Gasteiger partial charge in [-0.15, -0.1) is 0 Å². The first-order valence-electron chi connectivity index (χ1n) is 6.92. The summed E-state index contributed by atoms with van der Waals surface area (Å²) in [5.74, 6) is -0.718. The van der Waals surface area contributed by atoms with Gasteiger partial charge in [0.2, 0.25) is 0 Å². The number of fused-ring (bicyclic) bond motifs is 1. The molecule has 0 saturated heterocycles. The Balaban J connectivity index is 0.000000246. The van der Waals surface area contributed by atoms with Gasteiger partial charge in [-0.3, -0.25) is 4.40 Å². The summed E-state index contributed by atoms with van der Waals surface area (Å²) >= 11 is 3.26. The molecule has 1 N–H and O–H groups in total. The van der Waals surface area contributed by atoms with Crippen molar-refractivity contribution in [2.75, 3.05) is 0 Å². The van der Waals surface area contributed by atoms with E-state index in [1.807, 2.05) is 48.5 Å². The van der Waals surface area contributed by atoms with E-state index in [1.165, 1.54) is 0 Å². The molecule has 0 aliphatic heterocycles. The minimum absolute atomic E-state index is 0.0492. The fourth-order valence-corrected chi connectivity index (χ4v) is 2.58. The molecule has 0 unspecified atom stereocenters. The van der Waals surface area contributed by atoms with Gasteiger partial charge in [-0.1, -0.05) is 56.3 Å². The van der Waals surface area contributed by atoms with E-state index in [0.29, 0.717) is 16.2 Å². The average molecular weight is 361 g/mol. The Morgan fingerprint density at radius 2 is 1.68 bits per heavy atom. The fourth-order valence-electron chi connectivity index (χ4n) is 2.03. The van der Waals surface area contributed by atoms with Gasteiger partial charge >= 0.3 is 5.97 Å². The van der Waals surface area contributed by atoms with Gasteiger partial charge in [0.1, 0.15) is 10.3 Å². The topological polar surface area (TPSA) is 54.6 Å². The molecular formula is C17H17BrN2O2. The number of pyridine rings is 1. The molecule has 1 aromatic carbocycles. The summed E-state index contributed by atoms with van der Waals surface area (Å²) in [7, 11) is 0. The Morgan fingerprint density at radius 1 is 1.14 bits per heavy atom. The molecule has 0 saturated carbocycles. The Kier molecular flexibility index (Phi) is 5.33. The lowest BCUT2D eigenvalue weighted by molar-refractivity contribution is 0.0690. The molecule has 0 fully saturated rings. The van der Waals surface area contributed by atoms with Crippen LogP contribution < -0.4 is 0 Å². The van der Waals surface area contributed by atoms with E-state index < -0.39 is 5.97 Å². The van der Waals surface area contributed by atoms with Gasteiger partial charge in [0.25, 0.3) is 0 Å². The summed E-state index contributed by atoms with van der Waals surface area (Å²) in [6.45, 7) is 4.11. The number of carboxylic acids is 1. The minimum Gasteiger partial charge on any atom is -0.476 e. The van der Waals surface area contributed by atoms with Gasteiger partial charge in [-0.25, -0.2) is 9.78 Å². The van der Waals surface area contributed by atoms with Gasteiger partial charge in [0.05, 0.1) is 0 Å². The lowest BCUT2D eigenvalue weighted by Gasteiger charge is -2.06. The Bertz CT molecular complexity index is 740. The number of benzene rings is 1. The van der Waals surface area contributed by atoms with Crippen molar-refractivity contribution < 1.29 is 9.90 Å². The van der Waals surface area contributed by atoms with E-state index >= 15 is 0 Å². The quantitative estimate of drug-likeness (QED) is 0.726. The molecule has 22 heavy (non-hydrogen) atoms. The Labute approximate surface area is 137 Å². The van der Waals surface area contributed by atoms with Crippen molar-refractivity contribution in [2.24, 2.45) is 0 Å². The summed E-state index contributed by atoms with van der Waals surface area (Å²) in [6, 6.07) is 15.9. The van der Waals surface area contributed by atoms with Gasteiger partial charge in [-0.05, 0) is 33.5 Å². The van der Waals surface area contributed by atoms with Crippen LogP contribution in [-0.4, -0.2) is 20.5 Å². The van der Waals surface area contributed by atoms with Crippen LogP contribution in [0, 0.1) is 0 Å². The van der Waals surface area contributed by atoms with Crippen molar-refractivity contribution in [3.05, 3.63) is 70.6 Å². The van der Waals surface area contributed by atoms with Crippen LogP contribution in [0.3, 0.4) is 0 Å². The standard InChI is InChI=1S/C11H11BrN2O2.C6H6/c1-6(2)7-4-3-5-14-9(12)8(11(15)16)13-10(7)14;1-2-4-6-5-3-1/h3-6H,1-2H3,(H,15,16);1-6H. The first-order chi connectivity index (χ1) is 10.5. The van der Waals surface area contributed by atoms with Gasteiger partial charge in [0, 0.05) is 6.20 Å². The number of carbonyl (C=O) groups is 1. The first-order valence-corrected chi connectivity index (χ1v) is 7.71. The second-order valence-electron chi connectivity index (χ2n) is 5.02. The summed E-state index contributed by atoms with van der Waals surface area (Å²) < 4.78 is 2.23. The maximum atomic E-state index is 11.0. The highest BCUT2D eigenvalue weighted by Gasteiger charge is 2.18. The van der Waals surface area contributed by atoms with Crippen LogP contribution in [0.2, 0.25) is 0 Å². The molecule has 2 aromatic heterocycles. The number of aromatic carboxylic acids is 1. The maximum Gasteiger partial charge on any atom is 0.357 e. The first kappa shape index (κ1) is 16.2. The lowest BCUT2D eigenvalue weighted by atomic mass is 10.1. The van der Waals surface area contributed by atoms with Crippen molar-refractivity contribution in [1.29, 1.82) is 0 Å². The number of hydrogen-bond donors (Lipinski definition) is 1. The van der Waals surface area contributed by atoms with Gasteiger partial charge in [-0.2, -0.15) is 0 Å². The molecule has 0 radical (unpaired) electrons. The van der Waals surface area contributed by atoms with Gasteiger partial charge in [0.15, 0.2) is 5.69 Å². The summed E-state index contributed by atoms with van der Waals surface area (Å²) in [6.07, 6.45) is 1.80. The van der Waals surface area contributed by atoms with E-state index in [9.17, 15) is 4.79 Å². The number of halogens is 1. The second kappa shape index (κ2) is 7.22. The SMILES string of the molecule is CC(C)c1cccn2c(Br)c(C(=O)O)nc12.c1ccccc1. The molecule has 0 aliphatic rings. The molecule has 114 valence electrons. The smallest absolute Gasteiger partial charge is 0.357 e. The Morgan fingerprint density at radius 3 is 2.14 bits per heavy atom. The maximum absolute atomic E-state index is 11.0. The highest BCUT2D eigenvalue weighted by atomic mass is 79.9. The van der Waals surface area contributed by atoms with Crippen molar-refractivity contribution in [3.8, 4) is 0 Å². The largest absolute Gasteiger partial charge is 0.476 e. The number of nitrogens with zero attached hydrogens (tertiary/aromatic N) is 2. The molecule has 0 atom stereocenters. The number of carboxylic acid groups (broad SMARTS) is 1. The molecule has 5 heteroatoms. The summed E-state index contributed by atoms with van der Waals surface area (Å²) in [5, 5.41) is 8.99. The summed E-state index contributed by atoms with van der Waals surface area (Å²) in [4.78, 5) is 15.1. The number of imidazole rings is 1. The van der Waals surface area contributed by atoms with Crippen LogP contribution in [-0.2, 0) is 0 Å². The molecule has 3 rings (SSSR count). The zero-order valence-electron chi connectivity index (χ0n) is 12.4. The second-order valence-corrected chi connectivity index (χ2v) is 5.77. The molecule has 0 spiro atoms. The zero-order chi connectivity index (χ0) is 16.1. The lowest BCUT2D eigenvalue weighted by Crippen LogP contribution is -1.97. The van der Waals surface area contributed by atoms with E-state index in [1.54, 1.807) is 10.6 Å². The van der Waals surface area contributed by atoms with E-state index in [0.717, 1.165) is 5.56 Å². The molecule has 3 aromatic rings. The highest BCUT2D eigenvalue weighted by Crippen LogP contribution is 2.25. The number of aromatic nitrogens is 2. The van der Waals surface area contributed by atoms with Crippen LogP contribution in [0.5, 0.6) is 0 Å². The zero-order valence-corrected chi connectivity index (χ0v) is 14.0. The fraction of sp³-hybridized carbons (Fsp3) is 0.176.